The van der Waals surface area contributed by atoms with Gasteiger partial charge in [-0.05, 0) is 76.6 Å². The molecule has 10 heteroatoms. The fourth-order valence-electron chi connectivity index (χ4n) is 6.28. The molecule has 8 nitrogen and oxygen atoms in total. The quantitative estimate of drug-likeness (QED) is 0.117. The van der Waals surface area contributed by atoms with Crippen molar-refractivity contribution < 1.29 is 32.9 Å². The van der Waals surface area contributed by atoms with Gasteiger partial charge in [-0.2, -0.15) is 4.31 Å². The lowest BCUT2D eigenvalue weighted by atomic mass is 9.98. The van der Waals surface area contributed by atoms with Crippen LogP contribution in [0.15, 0.2) is 102 Å². The van der Waals surface area contributed by atoms with Crippen molar-refractivity contribution >= 4 is 26.8 Å². The number of fused-ring (bicyclic) bond motifs is 1. The van der Waals surface area contributed by atoms with Crippen LogP contribution in [0.4, 0.5) is 4.39 Å². The lowest BCUT2D eigenvalue weighted by molar-refractivity contribution is -0.139. The first kappa shape index (κ1) is 35.0. The summed E-state index contributed by atoms with van der Waals surface area (Å²) in [7, 11) is -2.61. The Morgan fingerprint density at radius 2 is 1.48 bits per heavy atom. The number of aliphatic hydroxyl groups excluding tert-OH is 2. The topological polar surface area (TPSA) is 120 Å². The van der Waals surface area contributed by atoms with Crippen LogP contribution in [0.1, 0.15) is 50.3 Å². The molecule has 1 heterocycles. The van der Waals surface area contributed by atoms with Crippen LogP contribution >= 0.6 is 0 Å². The van der Waals surface area contributed by atoms with Crippen LogP contribution in [0.5, 0.6) is 0 Å². The molecule has 5 rings (SSSR count). The number of aromatic nitrogens is 1. The van der Waals surface area contributed by atoms with Gasteiger partial charge in [-0.1, -0.05) is 80.6 Å². The zero-order valence-corrected chi connectivity index (χ0v) is 28.1. The molecule has 1 aromatic heterocycles. The number of hydrogen-bond donors (Lipinski definition) is 3. The van der Waals surface area contributed by atoms with Gasteiger partial charge < -0.3 is 19.9 Å². The Morgan fingerprint density at radius 3 is 2.12 bits per heavy atom. The molecule has 0 aliphatic carbocycles. The smallest absolute Gasteiger partial charge is 0.305 e. The van der Waals surface area contributed by atoms with Crippen LogP contribution in [-0.4, -0.2) is 57.8 Å². The van der Waals surface area contributed by atoms with Crippen molar-refractivity contribution in [2.75, 3.05) is 7.05 Å². The summed E-state index contributed by atoms with van der Waals surface area (Å²) >= 11 is 0. The zero-order chi connectivity index (χ0) is 34.6. The Balaban J connectivity index is 1.77. The van der Waals surface area contributed by atoms with E-state index in [-0.39, 0.29) is 36.7 Å². The fourth-order valence-corrected chi connectivity index (χ4v) is 7.99. The highest BCUT2D eigenvalue weighted by Gasteiger charge is 2.36. The van der Waals surface area contributed by atoms with E-state index < -0.39 is 40.4 Å². The van der Waals surface area contributed by atoms with Crippen molar-refractivity contribution in [3.8, 4) is 22.4 Å². The maximum atomic E-state index is 14.9. The first-order chi connectivity index (χ1) is 22.9. The van der Waals surface area contributed by atoms with Crippen LogP contribution in [0.2, 0.25) is 0 Å². The number of carboxylic acid groups (broad SMARTS) is 1. The van der Waals surface area contributed by atoms with Crippen molar-refractivity contribution in [3.05, 3.63) is 114 Å². The molecular formula is C38H41FN2O6S. The number of hydrogen-bond acceptors (Lipinski definition) is 5. The summed E-state index contributed by atoms with van der Waals surface area (Å²) in [6.07, 6.45) is -2.85. The summed E-state index contributed by atoms with van der Waals surface area (Å²) in [6, 6.07) is 28.8. The summed E-state index contributed by atoms with van der Waals surface area (Å²) < 4.78 is 47.2. The lowest BCUT2D eigenvalue weighted by Gasteiger charge is -2.22. The molecule has 0 saturated heterocycles. The van der Waals surface area contributed by atoms with Crippen molar-refractivity contribution in [1.29, 1.82) is 0 Å². The van der Waals surface area contributed by atoms with Gasteiger partial charge in [0.1, 0.15) is 10.7 Å². The predicted molar refractivity (Wildman–Crippen MR) is 185 cm³/mol. The second-order valence-corrected chi connectivity index (χ2v) is 14.5. The SMILES string of the molecule is CC(C)c1c(S(=O)(=O)N(C)Cc2ccccc2)c(-c2ccc3ccccc3c2)c(-c2ccc(F)cc2)n1CC[C@@H](O)C[C@@H](O)CC(=O)O. The largest absolute Gasteiger partial charge is 0.481 e. The third-order valence-corrected chi connectivity index (χ3v) is 10.4. The lowest BCUT2D eigenvalue weighted by Crippen LogP contribution is -2.28. The molecule has 0 bridgehead atoms. The Hall–Kier alpha value is -4.35. The van der Waals surface area contributed by atoms with E-state index in [0.29, 0.717) is 28.1 Å². The average molecular weight is 673 g/mol. The third-order valence-electron chi connectivity index (χ3n) is 8.52. The molecule has 0 aliphatic rings. The second-order valence-electron chi connectivity index (χ2n) is 12.5. The minimum atomic E-state index is -4.16. The number of halogens is 1. The number of nitrogens with zero attached hydrogens (tertiary/aromatic N) is 2. The molecule has 5 aromatic rings. The molecular weight excluding hydrogens is 631 g/mol. The number of aliphatic hydroxyl groups is 2. The minimum Gasteiger partial charge on any atom is -0.481 e. The minimum absolute atomic E-state index is 0.107. The van der Waals surface area contributed by atoms with Crippen LogP contribution in [0, 0.1) is 5.82 Å². The number of aliphatic carboxylic acids is 1. The molecule has 0 saturated carbocycles. The van der Waals surface area contributed by atoms with E-state index >= 15 is 0 Å². The molecule has 3 N–H and O–H groups in total. The van der Waals surface area contributed by atoms with Crippen molar-refractivity contribution in [1.82, 2.24) is 8.87 Å². The van der Waals surface area contributed by atoms with Crippen molar-refractivity contribution in [3.63, 3.8) is 0 Å². The van der Waals surface area contributed by atoms with Gasteiger partial charge in [-0.25, -0.2) is 12.8 Å². The van der Waals surface area contributed by atoms with Gasteiger partial charge in [0.2, 0.25) is 10.0 Å². The van der Waals surface area contributed by atoms with Gasteiger partial charge in [0, 0.05) is 31.4 Å². The number of carboxylic acids is 1. The van der Waals surface area contributed by atoms with Gasteiger partial charge in [0.25, 0.3) is 0 Å². The molecule has 0 amide bonds. The number of rotatable bonds is 14. The van der Waals surface area contributed by atoms with E-state index in [1.54, 1.807) is 19.2 Å². The summed E-state index contributed by atoms with van der Waals surface area (Å²) in [6.45, 7) is 4.11. The molecule has 0 spiro atoms. The number of benzene rings is 4. The summed E-state index contributed by atoms with van der Waals surface area (Å²) in [5.41, 5.74) is 3.63. The first-order valence-electron chi connectivity index (χ1n) is 16.0. The highest BCUT2D eigenvalue weighted by Crippen LogP contribution is 2.46. The second kappa shape index (κ2) is 14.8. The Labute approximate surface area is 280 Å². The Morgan fingerprint density at radius 1 is 0.854 bits per heavy atom. The number of carbonyl (C=O) groups is 1. The average Bonchev–Trinajstić information content (AvgIpc) is 3.40. The highest BCUT2D eigenvalue weighted by atomic mass is 32.2. The summed E-state index contributed by atoms with van der Waals surface area (Å²) in [5.74, 6) is -1.91. The van der Waals surface area contributed by atoms with E-state index in [0.717, 1.165) is 16.3 Å². The van der Waals surface area contributed by atoms with E-state index in [1.807, 2.05) is 91.2 Å². The van der Waals surface area contributed by atoms with E-state index in [9.17, 15) is 27.8 Å². The Bertz CT molecular complexity index is 1990. The molecule has 48 heavy (non-hydrogen) atoms. The molecule has 0 aliphatic heterocycles. The van der Waals surface area contributed by atoms with Gasteiger partial charge in [0.05, 0.1) is 24.3 Å². The van der Waals surface area contributed by atoms with Gasteiger partial charge >= 0.3 is 5.97 Å². The molecule has 0 unspecified atom stereocenters. The van der Waals surface area contributed by atoms with Gasteiger partial charge in [-0.15, -0.1) is 0 Å². The summed E-state index contributed by atoms with van der Waals surface area (Å²) in [4.78, 5) is 11.2. The first-order valence-corrected chi connectivity index (χ1v) is 17.4. The maximum Gasteiger partial charge on any atom is 0.305 e. The highest BCUT2D eigenvalue weighted by molar-refractivity contribution is 7.89. The van der Waals surface area contributed by atoms with Crippen LogP contribution < -0.4 is 0 Å². The number of sulfonamides is 1. The van der Waals surface area contributed by atoms with Gasteiger partial charge in [0.15, 0.2) is 0 Å². The summed E-state index contributed by atoms with van der Waals surface area (Å²) in [5, 5.41) is 32.1. The van der Waals surface area contributed by atoms with E-state index in [4.69, 9.17) is 5.11 Å². The Kier molecular flexibility index (Phi) is 10.8. The van der Waals surface area contributed by atoms with Crippen LogP contribution in [-0.2, 0) is 27.9 Å². The third kappa shape index (κ3) is 7.68. The molecule has 2 atom stereocenters. The fraction of sp³-hybridized carbons (Fsp3) is 0.289. The van der Waals surface area contributed by atoms with Crippen LogP contribution in [0.25, 0.3) is 33.2 Å². The van der Waals surface area contributed by atoms with E-state index in [2.05, 4.69) is 0 Å². The maximum absolute atomic E-state index is 14.9. The standard InChI is InChI=1S/C38H41FN2O6S/c1-25(2)36-38(48(46,47)40(3)24-26-9-5-4-6-10-26)35(30-14-13-27-11-7-8-12-29(27)21-30)37(28-15-17-31(39)18-16-28)41(36)20-19-32(42)22-33(43)23-34(44)45/h4-18,21,25,32-33,42-43H,19-20,22-24H2,1-3H3,(H,44,45)/t32-,33-/m1/s1. The van der Waals surface area contributed by atoms with Crippen molar-refractivity contribution in [2.24, 2.45) is 0 Å². The van der Waals surface area contributed by atoms with E-state index in [1.165, 1.54) is 16.4 Å². The van der Waals surface area contributed by atoms with Crippen molar-refractivity contribution in [2.45, 2.75) is 69.2 Å². The molecule has 252 valence electrons. The zero-order valence-electron chi connectivity index (χ0n) is 27.3. The van der Waals surface area contributed by atoms with Gasteiger partial charge in [-0.3, -0.25) is 4.79 Å². The molecule has 0 radical (unpaired) electrons. The predicted octanol–water partition coefficient (Wildman–Crippen LogP) is 7.04. The molecule has 0 fully saturated rings. The van der Waals surface area contributed by atoms with Crippen LogP contribution in [0.3, 0.4) is 0 Å². The monoisotopic (exact) mass is 672 g/mol. The normalized spacial score (nSPS) is 13.3. The molecule has 4 aromatic carbocycles.